The summed E-state index contributed by atoms with van der Waals surface area (Å²) < 4.78 is 0. The smallest absolute Gasteiger partial charge is 0.233 e. The van der Waals surface area contributed by atoms with E-state index in [-0.39, 0.29) is 42.5 Å². The number of nitrogens with zero attached hydrogens (tertiary/aromatic N) is 1. The van der Waals surface area contributed by atoms with Crippen LogP contribution in [0.15, 0.2) is 24.3 Å². The molecule has 1 N–H and O–H groups in total. The summed E-state index contributed by atoms with van der Waals surface area (Å²) in [6.07, 6.45) is 4.86. The minimum absolute atomic E-state index is 0.0783. The van der Waals surface area contributed by atoms with Gasteiger partial charge in [0.1, 0.15) is 0 Å². The van der Waals surface area contributed by atoms with E-state index in [4.69, 9.17) is 0 Å². The fourth-order valence-electron chi connectivity index (χ4n) is 4.02. The Morgan fingerprint density at radius 2 is 1.69 bits per heavy atom. The quantitative estimate of drug-likeness (QED) is 0.790. The molecule has 1 aromatic carbocycles. The van der Waals surface area contributed by atoms with E-state index >= 15 is 0 Å². The molecule has 0 bridgehead atoms. The summed E-state index contributed by atoms with van der Waals surface area (Å²) in [7, 11) is 0. The summed E-state index contributed by atoms with van der Waals surface area (Å²) in [6, 6.07) is 7.87. The molecule has 1 saturated carbocycles. The summed E-state index contributed by atoms with van der Waals surface area (Å²) in [5.41, 5.74) is 2.00. The Kier molecular flexibility index (Phi) is 5.74. The standard InChI is InChI=1S/C21H28N2O3/c1-3-14(2)15-8-10-16(11-9-15)22-19(24)12-13-23-20(25)17-6-4-5-7-18(17)21(23)26/h8-11,14,17-18H,3-7,12-13H2,1-2H3,(H,22,24)/t14-,17-,18+/m1/s1. The number of fused-ring (bicyclic) bond motifs is 1. The highest BCUT2D eigenvalue weighted by Crippen LogP contribution is 2.38. The highest BCUT2D eigenvalue weighted by atomic mass is 16.2. The molecule has 3 rings (SSSR count). The Labute approximate surface area is 155 Å². The molecule has 1 saturated heterocycles. The number of rotatable bonds is 6. The van der Waals surface area contributed by atoms with E-state index in [1.54, 1.807) is 0 Å². The summed E-state index contributed by atoms with van der Waals surface area (Å²) in [5, 5.41) is 2.85. The highest BCUT2D eigenvalue weighted by molar-refractivity contribution is 6.05. The van der Waals surface area contributed by atoms with Crippen molar-refractivity contribution < 1.29 is 14.4 Å². The van der Waals surface area contributed by atoms with Crippen molar-refractivity contribution in [3.8, 4) is 0 Å². The Hall–Kier alpha value is -2.17. The lowest BCUT2D eigenvalue weighted by Gasteiger charge is -2.19. The van der Waals surface area contributed by atoms with Gasteiger partial charge < -0.3 is 5.32 Å². The van der Waals surface area contributed by atoms with Crippen LogP contribution in [0.25, 0.3) is 0 Å². The molecule has 1 aromatic rings. The minimum atomic E-state index is -0.170. The molecule has 5 nitrogen and oxygen atoms in total. The predicted octanol–water partition coefficient (Wildman–Crippen LogP) is 3.70. The van der Waals surface area contributed by atoms with Crippen molar-refractivity contribution in [2.24, 2.45) is 11.8 Å². The van der Waals surface area contributed by atoms with Gasteiger partial charge in [0.05, 0.1) is 11.8 Å². The van der Waals surface area contributed by atoms with Crippen molar-refractivity contribution in [2.45, 2.75) is 58.3 Å². The van der Waals surface area contributed by atoms with Crippen LogP contribution in [0.2, 0.25) is 0 Å². The van der Waals surface area contributed by atoms with Crippen LogP contribution in [0.3, 0.4) is 0 Å². The molecule has 1 heterocycles. The van der Waals surface area contributed by atoms with Crippen LogP contribution in [-0.2, 0) is 14.4 Å². The number of carbonyl (C=O) groups is 3. The summed E-state index contributed by atoms with van der Waals surface area (Å²) in [4.78, 5) is 38.4. The fourth-order valence-corrected chi connectivity index (χ4v) is 4.02. The SMILES string of the molecule is CC[C@@H](C)c1ccc(NC(=O)CCN2C(=O)[C@H]3CCCC[C@H]3C2=O)cc1. The zero-order valence-electron chi connectivity index (χ0n) is 15.7. The van der Waals surface area contributed by atoms with E-state index in [9.17, 15) is 14.4 Å². The van der Waals surface area contributed by atoms with Gasteiger partial charge in [-0.25, -0.2) is 0 Å². The number of anilines is 1. The maximum atomic E-state index is 12.4. The van der Waals surface area contributed by atoms with Crippen molar-refractivity contribution >= 4 is 23.4 Å². The number of amides is 3. The normalized spacial score (nSPS) is 23.7. The second kappa shape index (κ2) is 8.02. The van der Waals surface area contributed by atoms with Gasteiger partial charge in [-0.1, -0.05) is 38.8 Å². The van der Waals surface area contributed by atoms with Crippen LogP contribution in [0.1, 0.15) is 63.9 Å². The molecule has 2 aliphatic rings. The lowest BCUT2D eigenvalue weighted by Crippen LogP contribution is -2.34. The molecular formula is C21H28N2O3. The van der Waals surface area contributed by atoms with E-state index in [0.717, 1.165) is 37.8 Å². The lowest BCUT2D eigenvalue weighted by atomic mass is 9.81. The predicted molar refractivity (Wildman–Crippen MR) is 101 cm³/mol. The van der Waals surface area contributed by atoms with Crippen LogP contribution in [-0.4, -0.2) is 29.2 Å². The van der Waals surface area contributed by atoms with Gasteiger partial charge in [0.15, 0.2) is 0 Å². The van der Waals surface area contributed by atoms with Crippen LogP contribution in [0, 0.1) is 11.8 Å². The first-order valence-corrected chi connectivity index (χ1v) is 9.76. The van der Waals surface area contributed by atoms with Gasteiger partial charge in [-0.2, -0.15) is 0 Å². The average molecular weight is 356 g/mol. The molecule has 5 heteroatoms. The van der Waals surface area contributed by atoms with Crippen LogP contribution < -0.4 is 5.32 Å². The largest absolute Gasteiger partial charge is 0.326 e. The first-order valence-electron chi connectivity index (χ1n) is 9.76. The summed E-state index contributed by atoms with van der Waals surface area (Å²) in [5.74, 6) is -0.122. The van der Waals surface area contributed by atoms with Gasteiger partial charge in [-0.3, -0.25) is 19.3 Å². The van der Waals surface area contributed by atoms with E-state index in [1.807, 2.05) is 24.3 Å². The monoisotopic (exact) mass is 356 g/mol. The molecular weight excluding hydrogens is 328 g/mol. The van der Waals surface area contributed by atoms with Gasteiger partial charge in [0.2, 0.25) is 17.7 Å². The molecule has 140 valence electrons. The van der Waals surface area contributed by atoms with E-state index < -0.39 is 0 Å². The zero-order valence-corrected chi connectivity index (χ0v) is 15.7. The molecule has 0 spiro atoms. The zero-order chi connectivity index (χ0) is 18.7. The minimum Gasteiger partial charge on any atom is -0.326 e. The third-order valence-corrected chi connectivity index (χ3v) is 5.87. The number of carbonyl (C=O) groups excluding carboxylic acids is 3. The van der Waals surface area contributed by atoms with Crippen LogP contribution in [0.5, 0.6) is 0 Å². The van der Waals surface area contributed by atoms with Crippen molar-refractivity contribution in [3.63, 3.8) is 0 Å². The molecule has 2 fully saturated rings. The molecule has 3 atom stereocenters. The van der Waals surface area contributed by atoms with Gasteiger partial charge in [0.25, 0.3) is 0 Å². The second-order valence-corrected chi connectivity index (χ2v) is 7.56. The molecule has 1 aliphatic heterocycles. The number of imide groups is 1. The van der Waals surface area contributed by atoms with Gasteiger partial charge in [-0.05, 0) is 42.9 Å². The van der Waals surface area contributed by atoms with E-state index in [0.29, 0.717) is 5.92 Å². The number of nitrogens with one attached hydrogen (secondary N) is 1. The van der Waals surface area contributed by atoms with Crippen LogP contribution in [0.4, 0.5) is 5.69 Å². The van der Waals surface area contributed by atoms with Gasteiger partial charge in [-0.15, -0.1) is 0 Å². The Morgan fingerprint density at radius 1 is 1.12 bits per heavy atom. The molecule has 3 amide bonds. The van der Waals surface area contributed by atoms with Crippen molar-refractivity contribution in [1.82, 2.24) is 4.90 Å². The number of likely N-dealkylation sites (tertiary alicyclic amines) is 1. The highest BCUT2D eigenvalue weighted by Gasteiger charge is 2.47. The average Bonchev–Trinajstić information content (AvgIpc) is 2.91. The number of hydrogen-bond acceptors (Lipinski definition) is 3. The molecule has 26 heavy (non-hydrogen) atoms. The Balaban J connectivity index is 1.52. The fraction of sp³-hybridized carbons (Fsp3) is 0.571. The molecule has 0 radical (unpaired) electrons. The second-order valence-electron chi connectivity index (χ2n) is 7.56. The summed E-state index contributed by atoms with van der Waals surface area (Å²) >= 11 is 0. The van der Waals surface area contributed by atoms with E-state index in [1.165, 1.54) is 10.5 Å². The van der Waals surface area contributed by atoms with Crippen molar-refractivity contribution in [1.29, 1.82) is 0 Å². The Bertz CT molecular complexity index is 659. The first kappa shape index (κ1) is 18.6. The summed E-state index contributed by atoms with van der Waals surface area (Å²) in [6.45, 7) is 4.51. The number of hydrogen-bond donors (Lipinski definition) is 1. The Morgan fingerprint density at radius 3 is 2.23 bits per heavy atom. The number of benzene rings is 1. The third-order valence-electron chi connectivity index (χ3n) is 5.87. The van der Waals surface area contributed by atoms with Gasteiger partial charge in [0, 0.05) is 18.7 Å². The van der Waals surface area contributed by atoms with Gasteiger partial charge >= 0.3 is 0 Å². The first-order chi connectivity index (χ1) is 12.5. The third kappa shape index (κ3) is 3.81. The topological polar surface area (TPSA) is 66.5 Å². The molecule has 0 aromatic heterocycles. The van der Waals surface area contributed by atoms with Crippen molar-refractivity contribution in [2.75, 3.05) is 11.9 Å². The molecule has 0 unspecified atom stereocenters. The molecule has 1 aliphatic carbocycles. The van der Waals surface area contributed by atoms with E-state index in [2.05, 4.69) is 19.2 Å². The van der Waals surface area contributed by atoms with Crippen molar-refractivity contribution in [3.05, 3.63) is 29.8 Å². The maximum Gasteiger partial charge on any atom is 0.233 e. The van der Waals surface area contributed by atoms with Crippen LogP contribution >= 0.6 is 0 Å². The lowest BCUT2D eigenvalue weighted by molar-refractivity contribution is -0.140. The maximum absolute atomic E-state index is 12.4.